The zero-order valence-corrected chi connectivity index (χ0v) is 12.9. The summed E-state index contributed by atoms with van der Waals surface area (Å²) in [6, 6.07) is 3.83. The third-order valence-corrected chi connectivity index (χ3v) is 4.47. The van der Waals surface area contributed by atoms with Crippen LogP contribution in [0.2, 0.25) is 0 Å². The standard InChI is InChI=1S/C13H14BrNO4S/c14-11-5-2-9(20-11)3-6-12(16)15-7-8-1-4-10(19-8)13(17)18/h2-3,5-6,8,10H,1,4,7H2,(H,15,16)(H,17,18)/b6-3+. The molecule has 0 radical (unpaired) electrons. The van der Waals surface area contributed by atoms with Crippen molar-refractivity contribution in [3.05, 3.63) is 26.9 Å². The largest absolute Gasteiger partial charge is 0.479 e. The molecule has 2 heterocycles. The number of ether oxygens (including phenoxy) is 1. The van der Waals surface area contributed by atoms with Crippen molar-refractivity contribution in [2.45, 2.75) is 25.0 Å². The van der Waals surface area contributed by atoms with E-state index >= 15 is 0 Å². The molecule has 0 aromatic carbocycles. The van der Waals surface area contributed by atoms with E-state index in [9.17, 15) is 9.59 Å². The van der Waals surface area contributed by atoms with Crippen molar-refractivity contribution in [3.63, 3.8) is 0 Å². The highest BCUT2D eigenvalue weighted by Crippen LogP contribution is 2.23. The first-order valence-corrected chi connectivity index (χ1v) is 7.75. The summed E-state index contributed by atoms with van der Waals surface area (Å²) in [5.74, 6) is -1.15. The van der Waals surface area contributed by atoms with Crippen LogP contribution in [0.1, 0.15) is 17.7 Å². The number of carbonyl (C=O) groups is 2. The molecule has 2 N–H and O–H groups in total. The van der Waals surface area contributed by atoms with Crippen LogP contribution in [0.25, 0.3) is 6.08 Å². The first kappa shape index (κ1) is 15.2. The molecule has 2 rings (SSSR count). The molecule has 0 saturated carbocycles. The van der Waals surface area contributed by atoms with E-state index in [0.29, 0.717) is 19.4 Å². The molecule has 1 saturated heterocycles. The van der Waals surface area contributed by atoms with Crippen molar-refractivity contribution < 1.29 is 19.4 Å². The lowest BCUT2D eigenvalue weighted by molar-refractivity contribution is -0.149. The molecule has 1 aromatic rings. The topological polar surface area (TPSA) is 75.6 Å². The first-order chi connectivity index (χ1) is 9.54. The molecule has 1 aromatic heterocycles. The van der Waals surface area contributed by atoms with E-state index in [0.717, 1.165) is 8.66 Å². The summed E-state index contributed by atoms with van der Waals surface area (Å²) in [6.45, 7) is 0.334. The van der Waals surface area contributed by atoms with Gasteiger partial charge in [-0.25, -0.2) is 4.79 Å². The minimum Gasteiger partial charge on any atom is -0.479 e. The van der Waals surface area contributed by atoms with Crippen LogP contribution in [0.5, 0.6) is 0 Å². The summed E-state index contributed by atoms with van der Waals surface area (Å²) < 4.78 is 6.31. The Morgan fingerprint density at radius 2 is 2.30 bits per heavy atom. The van der Waals surface area contributed by atoms with Gasteiger partial charge in [-0.3, -0.25) is 4.79 Å². The van der Waals surface area contributed by atoms with Crippen molar-refractivity contribution in [2.24, 2.45) is 0 Å². The van der Waals surface area contributed by atoms with Gasteiger partial charge in [0, 0.05) is 17.5 Å². The molecule has 5 nitrogen and oxygen atoms in total. The number of amides is 1. The minimum atomic E-state index is -0.943. The predicted octanol–water partition coefficient (Wildman–Crippen LogP) is 2.27. The number of carboxylic acids is 1. The molecule has 1 aliphatic rings. The molecule has 1 aliphatic heterocycles. The average Bonchev–Trinajstić information content (AvgIpc) is 3.03. The van der Waals surface area contributed by atoms with Crippen LogP contribution < -0.4 is 5.32 Å². The molecule has 1 amide bonds. The number of halogens is 1. The van der Waals surface area contributed by atoms with Gasteiger partial charge in [-0.2, -0.15) is 0 Å². The van der Waals surface area contributed by atoms with Gasteiger partial charge in [0.2, 0.25) is 5.91 Å². The van der Waals surface area contributed by atoms with E-state index in [2.05, 4.69) is 21.2 Å². The zero-order chi connectivity index (χ0) is 14.5. The summed E-state index contributed by atoms with van der Waals surface area (Å²) in [5, 5.41) is 11.5. The Kier molecular flexibility index (Phi) is 5.33. The van der Waals surface area contributed by atoms with Crippen molar-refractivity contribution in [2.75, 3.05) is 6.54 Å². The van der Waals surface area contributed by atoms with Crippen molar-refractivity contribution in [1.82, 2.24) is 5.32 Å². The number of thiophene rings is 1. The summed E-state index contributed by atoms with van der Waals surface area (Å²) in [6.07, 6.45) is 3.39. The van der Waals surface area contributed by atoms with E-state index < -0.39 is 12.1 Å². The minimum absolute atomic E-state index is 0.211. The van der Waals surface area contributed by atoms with Crippen LogP contribution in [-0.4, -0.2) is 35.7 Å². The highest BCUT2D eigenvalue weighted by molar-refractivity contribution is 9.11. The predicted molar refractivity (Wildman–Crippen MR) is 79.6 cm³/mol. The van der Waals surface area contributed by atoms with Crippen LogP contribution in [0.4, 0.5) is 0 Å². The molecule has 7 heteroatoms. The van der Waals surface area contributed by atoms with Crippen molar-refractivity contribution in [3.8, 4) is 0 Å². The average molecular weight is 360 g/mol. The second-order valence-corrected chi connectivity index (χ2v) is 6.88. The zero-order valence-electron chi connectivity index (χ0n) is 10.5. The highest BCUT2D eigenvalue weighted by atomic mass is 79.9. The van der Waals surface area contributed by atoms with Gasteiger partial charge in [0.05, 0.1) is 9.89 Å². The van der Waals surface area contributed by atoms with Crippen molar-refractivity contribution in [1.29, 1.82) is 0 Å². The summed E-state index contributed by atoms with van der Waals surface area (Å²) in [7, 11) is 0. The van der Waals surface area contributed by atoms with E-state index in [-0.39, 0.29) is 12.0 Å². The molecule has 2 atom stereocenters. The summed E-state index contributed by atoms with van der Waals surface area (Å²) in [4.78, 5) is 23.3. The Morgan fingerprint density at radius 3 is 2.90 bits per heavy atom. The Balaban J connectivity index is 1.73. The third-order valence-electron chi connectivity index (χ3n) is 2.88. The van der Waals surface area contributed by atoms with E-state index in [1.807, 2.05) is 12.1 Å². The van der Waals surface area contributed by atoms with E-state index in [1.165, 1.54) is 17.4 Å². The number of nitrogens with one attached hydrogen (secondary N) is 1. The molecule has 0 aliphatic carbocycles. The van der Waals surface area contributed by atoms with Crippen LogP contribution in [-0.2, 0) is 14.3 Å². The lowest BCUT2D eigenvalue weighted by Gasteiger charge is -2.11. The Bertz CT molecular complexity index is 528. The molecule has 0 bridgehead atoms. The number of aliphatic carboxylic acids is 1. The van der Waals surface area contributed by atoms with E-state index in [4.69, 9.17) is 9.84 Å². The maximum Gasteiger partial charge on any atom is 0.332 e. The van der Waals surface area contributed by atoms with Crippen LogP contribution in [0.15, 0.2) is 22.0 Å². The van der Waals surface area contributed by atoms with Crippen molar-refractivity contribution >= 4 is 45.2 Å². The normalized spacial score (nSPS) is 22.2. The fourth-order valence-electron chi connectivity index (χ4n) is 1.89. The number of hydrogen-bond acceptors (Lipinski definition) is 4. The lowest BCUT2D eigenvalue weighted by Crippen LogP contribution is -2.32. The maximum absolute atomic E-state index is 11.6. The number of rotatable bonds is 5. The second-order valence-electron chi connectivity index (χ2n) is 4.38. The SMILES string of the molecule is O=C(/C=C/c1ccc(Br)s1)NCC1CCC(C(=O)O)O1. The van der Waals surface area contributed by atoms with Crippen LogP contribution >= 0.6 is 27.3 Å². The van der Waals surface area contributed by atoms with Gasteiger partial charge in [-0.1, -0.05) is 0 Å². The maximum atomic E-state index is 11.6. The molecule has 0 spiro atoms. The number of hydrogen-bond donors (Lipinski definition) is 2. The van der Waals surface area contributed by atoms with Gasteiger partial charge < -0.3 is 15.2 Å². The lowest BCUT2D eigenvalue weighted by atomic mass is 10.2. The molecule has 1 fully saturated rings. The van der Waals surface area contributed by atoms with Gasteiger partial charge in [0.1, 0.15) is 0 Å². The Morgan fingerprint density at radius 1 is 1.50 bits per heavy atom. The monoisotopic (exact) mass is 359 g/mol. The second kappa shape index (κ2) is 7.01. The third kappa shape index (κ3) is 4.43. The fourth-order valence-corrected chi connectivity index (χ4v) is 3.21. The fraction of sp³-hybridized carbons (Fsp3) is 0.385. The van der Waals surface area contributed by atoms with Gasteiger partial charge in [0.25, 0.3) is 0 Å². The number of carbonyl (C=O) groups excluding carboxylic acids is 1. The molecular weight excluding hydrogens is 346 g/mol. The molecule has 2 unspecified atom stereocenters. The molecule has 20 heavy (non-hydrogen) atoms. The van der Waals surface area contributed by atoms with Crippen LogP contribution in [0, 0.1) is 0 Å². The van der Waals surface area contributed by atoms with Gasteiger partial charge in [0.15, 0.2) is 6.10 Å². The summed E-state index contributed by atoms with van der Waals surface area (Å²) in [5.41, 5.74) is 0. The van der Waals surface area contributed by atoms with Gasteiger partial charge in [-0.15, -0.1) is 11.3 Å². The highest BCUT2D eigenvalue weighted by Gasteiger charge is 2.30. The Hall–Kier alpha value is -1.18. The first-order valence-electron chi connectivity index (χ1n) is 6.14. The Labute approximate surface area is 128 Å². The van der Waals surface area contributed by atoms with Gasteiger partial charge in [-0.05, 0) is 47.0 Å². The quantitative estimate of drug-likeness (QED) is 0.790. The smallest absolute Gasteiger partial charge is 0.332 e. The molecule has 108 valence electrons. The van der Waals surface area contributed by atoms with E-state index in [1.54, 1.807) is 6.08 Å². The molecular formula is C13H14BrNO4S. The number of carboxylic acid groups (broad SMARTS) is 1. The van der Waals surface area contributed by atoms with Crippen LogP contribution in [0.3, 0.4) is 0 Å². The summed E-state index contributed by atoms with van der Waals surface area (Å²) >= 11 is 4.89. The van der Waals surface area contributed by atoms with Gasteiger partial charge >= 0.3 is 5.97 Å².